The molecule has 0 saturated heterocycles. The van der Waals surface area contributed by atoms with Gasteiger partial charge in [0.05, 0.1) is 11.1 Å². The molecule has 2 rings (SSSR count). The highest BCUT2D eigenvalue weighted by molar-refractivity contribution is 9.10. The predicted molar refractivity (Wildman–Crippen MR) is 80.6 cm³/mol. The minimum atomic E-state index is -0.489. The Labute approximate surface area is 128 Å². The molecular formula is C14H10BrFN2OS. The summed E-state index contributed by atoms with van der Waals surface area (Å²) in [6.07, 6.45) is 0. The van der Waals surface area contributed by atoms with Gasteiger partial charge in [-0.15, -0.1) is 11.3 Å². The first kappa shape index (κ1) is 14.7. The smallest absolute Gasteiger partial charge is 0.257 e. The fourth-order valence-corrected chi connectivity index (χ4v) is 3.12. The maximum atomic E-state index is 13.2. The molecule has 20 heavy (non-hydrogen) atoms. The molecule has 0 saturated carbocycles. The zero-order valence-corrected chi connectivity index (χ0v) is 13.2. The van der Waals surface area contributed by atoms with Gasteiger partial charge in [0.1, 0.15) is 16.9 Å². The van der Waals surface area contributed by atoms with Gasteiger partial charge in [-0.05, 0) is 53.5 Å². The van der Waals surface area contributed by atoms with Gasteiger partial charge in [0.15, 0.2) is 0 Å². The van der Waals surface area contributed by atoms with Crippen LogP contribution in [0, 0.1) is 31.0 Å². The molecule has 6 heteroatoms. The summed E-state index contributed by atoms with van der Waals surface area (Å²) in [7, 11) is 0. The topological polar surface area (TPSA) is 52.9 Å². The molecule has 1 aromatic heterocycles. The van der Waals surface area contributed by atoms with Crippen molar-refractivity contribution in [3.05, 3.63) is 50.1 Å². The third kappa shape index (κ3) is 2.74. The van der Waals surface area contributed by atoms with Gasteiger partial charge in [0.25, 0.3) is 5.91 Å². The SMILES string of the molecule is Cc1sc(NC(=O)c2cc(F)ccc2Br)c(C#N)c1C. The summed E-state index contributed by atoms with van der Waals surface area (Å²) >= 11 is 4.55. The molecule has 0 atom stereocenters. The van der Waals surface area contributed by atoms with Crippen LogP contribution in [-0.4, -0.2) is 5.91 Å². The molecular weight excluding hydrogens is 343 g/mol. The monoisotopic (exact) mass is 352 g/mol. The number of nitrogens with one attached hydrogen (secondary N) is 1. The molecule has 0 aliphatic carbocycles. The van der Waals surface area contributed by atoms with Crippen molar-refractivity contribution in [2.75, 3.05) is 5.32 Å². The molecule has 0 bridgehead atoms. The molecule has 0 unspecified atom stereocenters. The number of thiophene rings is 1. The maximum Gasteiger partial charge on any atom is 0.257 e. The number of nitriles is 1. The second-order valence-electron chi connectivity index (χ2n) is 4.18. The third-order valence-corrected chi connectivity index (χ3v) is 4.71. The van der Waals surface area contributed by atoms with Gasteiger partial charge in [0.2, 0.25) is 0 Å². The van der Waals surface area contributed by atoms with Crippen molar-refractivity contribution in [1.29, 1.82) is 5.26 Å². The summed E-state index contributed by atoms with van der Waals surface area (Å²) in [6, 6.07) is 5.97. The van der Waals surface area contributed by atoms with Gasteiger partial charge in [-0.1, -0.05) is 0 Å². The maximum absolute atomic E-state index is 13.2. The molecule has 0 fully saturated rings. The first-order valence-electron chi connectivity index (χ1n) is 5.70. The van der Waals surface area contributed by atoms with Crippen LogP contribution < -0.4 is 5.32 Å². The van der Waals surface area contributed by atoms with E-state index < -0.39 is 11.7 Å². The van der Waals surface area contributed by atoms with Crippen molar-refractivity contribution in [1.82, 2.24) is 0 Å². The van der Waals surface area contributed by atoms with E-state index in [1.54, 1.807) is 0 Å². The van der Waals surface area contributed by atoms with E-state index in [1.165, 1.54) is 23.5 Å². The van der Waals surface area contributed by atoms with Crippen LogP contribution in [0.1, 0.15) is 26.4 Å². The zero-order chi connectivity index (χ0) is 14.9. The standard InChI is InChI=1S/C14H10BrFN2OS/c1-7-8(2)20-14(11(7)6-17)18-13(19)10-5-9(16)3-4-12(10)15/h3-5H,1-2H3,(H,18,19). The zero-order valence-electron chi connectivity index (χ0n) is 10.8. The number of carbonyl (C=O) groups excluding carboxylic acids is 1. The molecule has 0 aliphatic heterocycles. The fourth-order valence-electron chi connectivity index (χ4n) is 1.69. The second kappa shape index (κ2) is 5.73. The van der Waals surface area contributed by atoms with E-state index in [0.29, 0.717) is 15.0 Å². The average molecular weight is 353 g/mol. The van der Waals surface area contributed by atoms with E-state index in [1.807, 2.05) is 13.8 Å². The van der Waals surface area contributed by atoms with Crippen LogP contribution in [0.15, 0.2) is 22.7 Å². The molecule has 1 heterocycles. The molecule has 0 radical (unpaired) electrons. The number of carbonyl (C=O) groups is 1. The molecule has 0 aliphatic rings. The number of anilines is 1. The second-order valence-corrected chi connectivity index (χ2v) is 6.26. The van der Waals surface area contributed by atoms with Gasteiger partial charge in [0, 0.05) is 9.35 Å². The van der Waals surface area contributed by atoms with Gasteiger partial charge < -0.3 is 5.32 Å². The lowest BCUT2D eigenvalue weighted by Gasteiger charge is -2.05. The lowest BCUT2D eigenvalue weighted by molar-refractivity contribution is 0.102. The van der Waals surface area contributed by atoms with Crippen LogP contribution in [0.25, 0.3) is 0 Å². The highest BCUT2D eigenvalue weighted by Crippen LogP contribution is 2.32. The Morgan fingerprint density at radius 1 is 1.45 bits per heavy atom. The van der Waals surface area contributed by atoms with Crippen molar-refractivity contribution < 1.29 is 9.18 Å². The van der Waals surface area contributed by atoms with E-state index in [0.717, 1.165) is 16.5 Å². The molecule has 1 amide bonds. The van der Waals surface area contributed by atoms with Crippen molar-refractivity contribution in [3.8, 4) is 6.07 Å². The van der Waals surface area contributed by atoms with Gasteiger partial charge in [-0.25, -0.2) is 4.39 Å². The number of halogens is 2. The van der Waals surface area contributed by atoms with Crippen molar-refractivity contribution in [2.45, 2.75) is 13.8 Å². The van der Waals surface area contributed by atoms with E-state index in [9.17, 15) is 9.18 Å². The van der Waals surface area contributed by atoms with Gasteiger partial charge >= 0.3 is 0 Å². The summed E-state index contributed by atoms with van der Waals surface area (Å²) < 4.78 is 13.7. The molecule has 1 N–H and O–H groups in total. The minimum absolute atomic E-state index is 0.192. The van der Waals surface area contributed by atoms with Crippen LogP contribution in [0.3, 0.4) is 0 Å². The van der Waals surface area contributed by atoms with E-state index in [4.69, 9.17) is 5.26 Å². The minimum Gasteiger partial charge on any atom is -0.312 e. The van der Waals surface area contributed by atoms with E-state index in [-0.39, 0.29) is 5.56 Å². The third-order valence-electron chi connectivity index (χ3n) is 2.90. The number of amides is 1. The molecule has 1 aromatic carbocycles. The lowest BCUT2D eigenvalue weighted by atomic mass is 10.1. The highest BCUT2D eigenvalue weighted by Gasteiger charge is 2.17. The first-order valence-corrected chi connectivity index (χ1v) is 7.31. The van der Waals surface area contributed by atoms with E-state index >= 15 is 0 Å². The summed E-state index contributed by atoms with van der Waals surface area (Å²) in [5.74, 6) is -0.938. The lowest BCUT2D eigenvalue weighted by Crippen LogP contribution is -2.12. The van der Waals surface area contributed by atoms with Crippen LogP contribution in [0.5, 0.6) is 0 Å². The Balaban J connectivity index is 2.36. The summed E-state index contributed by atoms with van der Waals surface area (Å²) in [4.78, 5) is 13.1. The quantitative estimate of drug-likeness (QED) is 0.871. The van der Waals surface area contributed by atoms with Crippen LogP contribution in [0.4, 0.5) is 9.39 Å². The van der Waals surface area contributed by atoms with Crippen LogP contribution >= 0.6 is 27.3 Å². The van der Waals surface area contributed by atoms with E-state index in [2.05, 4.69) is 27.3 Å². The average Bonchev–Trinajstić information content (AvgIpc) is 2.67. The largest absolute Gasteiger partial charge is 0.312 e. The molecule has 102 valence electrons. The first-order chi connectivity index (χ1) is 9.43. The van der Waals surface area contributed by atoms with Crippen molar-refractivity contribution in [2.24, 2.45) is 0 Å². The fraction of sp³-hybridized carbons (Fsp3) is 0.143. The number of nitrogens with zero attached hydrogens (tertiary/aromatic N) is 1. The highest BCUT2D eigenvalue weighted by atomic mass is 79.9. The number of benzene rings is 1. The Morgan fingerprint density at radius 3 is 2.80 bits per heavy atom. The Kier molecular flexibility index (Phi) is 4.21. The molecule has 0 spiro atoms. The number of rotatable bonds is 2. The Bertz CT molecular complexity index is 734. The number of aryl methyl sites for hydroxylation is 1. The predicted octanol–water partition coefficient (Wildman–Crippen LogP) is 4.39. The summed E-state index contributed by atoms with van der Waals surface area (Å²) in [5, 5.41) is 12.3. The van der Waals surface area contributed by atoms with Crippen LogP contribution in [0.2, 0.25) is 0 Å². The Morgan fingerprint density at radius 2 is 2.15 bits per heavy atom. The van der Waals surface area contributed by atoms with Gasteiger partial charge in [-0.2, -0.15) is 5.26 Å². The number of hydrogen-bond acceptors (Lipinski definition) is 3. The number of hydrogen-bond donors (Lipinski definition) is 1. The summed E-state index contributed by atoms with van der Waals surface area (Å²) in [6.45, 7) is 3.72. The van der Waals surface area contributed by atoms with Crippen molar-refractivity contribution in [3.63, 3.8) is 0 Å². The summed E-state index contributed by atoms with van der Waals surface area (Å²) in [5.41, 5.74) is 1.50. The van der Waals surface area contributed by atoms with Crippen molar-refractivity contribution >= 4 is 38.2 Å². The van der Waals surface area contributed by atoms with Gasteiger partial charge in [-0.3, -0.25) is 4.79 Å². The Hall–Kier alpha value is -1.71. The molecule has 3 nitrogen and oxygen atoms in total. The molecule has 2 aromatic rings. The van der Waals surface area contributed by atoms with Crippen LogP contribution in [-0.2, 0) is 0 Å². The normalized spacial score (nSPS) is 10.2.